The van der Waals surface area contributed by atoms with Crippen molar-refractivity contribution in [2.24, 2.45) is 5.92 Å². The molecule has 2 aromatic heterocycles. The second-order valence-corrected chi connectivity index (χ2v) is 6.20. The molecule has 0 bridgehead atoms. The molecule has 0 radical (unpaired) electrons. The molecule has 0 saturated carbocycles. The van der Waals surface area contributed by atoms with Gasteiger partial charge in [0.25, 0.3) is 0 Å². The van der Waals surface area contributed by atoms with Gasteiger partial charge >= 0.3 is 0 Å². The van der Waals surface area contributed by atoms with Crippen LogP contribution in [0.1, 0.15) is 32.4 Å². The van der Waals surface area contributed by atoms with Crippen LogP contribution in [0.3, 0.4) is 0 Å². The average Bonchev–Trinajstić information content (AvgIpc) is 2.83. The van der Waals surface area contributed by atoms with Gasteiger partial charge in [0.1, 0.15) is 0 Å². The van der Waals surface area contributed by atoms with Gasteiger partial charge in [-0.15, -0.1) is 0 Å². The molecular weight excluding hydrogens is 248 g/mol. The van der Waals surface area contributed by atoms with Crippen LogP contribution >= 0.6 is 0 Å². The predicted molar refractivity (Wildman–Crippen MR) is 82.7 cm³/mol. The molecule has 3 rings (SSSR count). The summed E-state index contributed by atoms with van der Waals surface area (Å²) in [4.78, 5) is 7.25. The van der Waals surface area contributed by atoms with Crippen molar-refractivity contribution in [3.8, 4) is 0 Å². The molecule has 0 amide bonds. The molecule has 0 spiro atoms. The Bertz CT molecular complexity index is 579. The number of likely N-dealkylation sites (tertiary alicyclic amines) is 1. The average molecular weight is 272 g/mol. The fourth-order valence-electron chi connectivity index (χ4n) is 3.15. The Labute approximate surface area is 120 Å². The molecule has 0 aromatic carbocycles. The summed E-state index contributed by atoms with van der Waals surface area (Å²) in [7, 11) is 0. The predicted octanol–water partition coefficient (Wildman–Crippen LogP) is 2.58. The molecule has 4 heteroatoms. The number of anilines is 1. The van der Waals surface area contributed by atoms with E-state index in [4.69, 9.17) is 5.73 Å². The molecule has 0 atom stereocenters. The van der Waals surface area contributed by atoms with E-state index in [-0.39, 0.29) is 0 Å². The molecule has 3 heterocycles. The third kappa shape index (κ3) is 2.66. The van der Waals surface area contributed by atoms with Crippen LogP contribution in [0.2, 0.25) is 0 Å². The smallest absolute Gasteiger partial charge is 0.160 e. The fraction of sp³-hybridized carbons (Fsp3) is 0.562. The normalized spacial score (nSPS) is 18.1. The summed E-state index contributed by atoms with van der Waals surface area (Å²) >= 11 is 0. The molecule has 4 nitrogen and oxygen atoms in total. The zero-order chi connectivity index (χ0) is 14.1. The maximum absolute atomic E-state index is 5.96. The molecule has 1 aliphatic heterocycles. The minimum Gasteiger partial charge on any atom is -0.396 e. The van der Waals surface area contributed by atoms with Crippen LogP contribution in [0, 0.1) is 5.92 Å². The van der Waals surface area contributed by atoms with Gasteiger partial charge in [-0.2, -0.15) is 0 Å². The van der Waals surface area contributed by atoms with Gasteiger partial charge in [-0.05, 0) is 64.3 Å². The lowest BCUT2D eigenvalue weighted by Gasteiger charge is -2.34. The van der Waals surface area contributed by atoms with Crippen molar-refractivity contribution < 1.29 is 0 Å². The molecule has 20 heavy (non-hydrogen) atoms. The summed E-state index contributed by atoms with van der Waals surface area (Å²) in [6.07, 6.45) is 7.78. The van der Waals surface area contributed by atoms with E-state index in [1.807, 2.05) is 22.7 Å². The summed E-state index contributed by atoms with van der Waals surface area (Å²) in [6.45, 7) is 7.01. The van der Waals surface area contributed by atoms with Crippen LogP contribution in [0.4, 0.5) is 5.69 Å². The van der Waals surface area contributed by atoms with Crippen molar-refractivity contribution in [3.63, 3.8) is 0 Å². The minimum atomic E-state index is 0.672. The monoisotopic (exact) mass is 272 g/mol. The number of hydrogen-bond donors (Lipinski definition) is 1. The van der Waals surface area contributed by atoms with Crippen molar-refractivity contribution in [1.82, 2.24) is 14.3 Å². The van der Waals surface area contributed by atoms with Crippen LogP contribution in [-0.4, -0.2) is 33.4 Å². The van der Waals surface area contributed by atoms with Crippen LogP contribution in [-0.2, 0) is 6.42 Å². The molecule has 108 valence electrons. The number of fused-ring (bicyclic) bond motifs is 1. The van der Waals surface area contributed by atoms with Crippen molar-refractivity contribution in [1.29, 1.82) is 0 Å². The van der Waals surface area contributed by atoms with Gasteiger partial charge in [-0.25, -0.2) is 4.98 Å². The largest absolute Gasteiger partial charge is 0.396 e. The maximum Gasteiger partial charge on any atom is 0.160 e. The molecule has 0 unspecified atom stereocenters. The molecule has 1 aliphatic rings. The third-order valence-corrected chi connectivity index (χ3v) is 4.44. The van der Waals surface area contributed by atoms with Crippen LogP contribution in [0.15, 0.2) is 24.5 Å². The highest BCUT2D eigenvalue weighted by atomic mass is 15.1. The van der Waals surface area contributed by atoms with Gasteiger partial charge < -0.3 is 15.0 Å². The number of aromatic nitrogens is 2. The van der Waals surface area contributed by atoms with Gasteiger partial charge in [0, 0.05) is 18.4 Å². The number of rotatable bonds is 3. The highest BCUT2D eigenvalue weighted by molar-refractivity contribution is 5.64. The van der Waals surface area contributed by atoms with E-state index in [9.17, 15) is 0 Å². The molecule has 2 N–H and O–H groups in total. The summed E-state index contributed by atoms with van der Waals surface area (Å²) in [6, 6.07) is 4.55. The minimum absolute atomic E-state index is 0.672. The summed E-state index contributed by atoms with van der Waals surface area (Å²) in [5.74, 6) is 0.760. The van der Waals surface area contributed by atoms with E-state index in [2.05, 4.69) is 29.9 Å². The van der Waals surface area contributed by atoms with E-state index < -0.39 is 0 Å². The zero-order valence-corrected chi connectivity index (χ0v) is 12.4. The Morgan fingerprint density at radius 3 is 2.75 bits per heavy atom. The SMILES string of the molecule is CC(C)N1CCC(Cc2cn3cccc(N)c3n2)CC1. The number of piperidine rings is 1. The first kappa shape index (κ1) is 13.4. The molecule has 0 aliphatic carbocycles. The zero-order valence-electron chi connectivity index (χ0n) is 12.4. The lowest BCUT2D eigenvalue weighted by molar-refractivity contribution is 0.149. The highest BCUT2D eigenvalue weighted by Gasteiger charge is 2.21. The lowest BCUT2D eigenvalue weighted by Crippen LogP contribution is -2.38. The van der Waals surface area contributed by atoms with Gasteiger partial charge in [0.2, 0.25) is 0 Å². The Balaban J connectivity index is 1.67. The van der Waals surface area contributed by atoms with Crippen LogP contribution < -0.4 is 5.73 Å². The Morgan fingerprint density at radius 2 is 2.10 bits per heavy atom. The van der Waals surface area contributed by atoms with Gasteiger partial charge in [-0.1, -0.05) is 0 Å². The molecule has 1 saturated heterocycles. The van der Waals surface area contributed by atoms with Gasteiger partial charge in [-0.3, -0.25) is 0 Å². The van der Waals surface area contributed by atoms with E-state index >= 15 is 0 Å². The first-order valence-corrected chi connectivity index (χ1v) is 7.59. The van der Waals surface area contributed by atoms with Crippen molar-refractivity contribution in [3.05, 3.63) is 30.2 Å². The van der Waals surface area contributed by atoms with Gasteiger partial charge in [0.05, 0.1) is 11.4 Å². The van der Waals surface area contributed by atoms with Crippen LogP contribution in [0.5, 0.6) is 0 Å². The Hall–Kier alpha value is -1.55. The van der Waals surface area contributed by atoms with E-state index in [0.29, 0.717) is 6.04 Å². The summed E-state index contributed by atoms with van der Waals surface area (Å²) in [5.41, 5.74) is 8.78. The lowest BCUT2D eigenvalue weighted by atomic mass is 9.92. The topological polar surface area (TPSA) is 46.6 Å². The first-order valence-electron chi connectivity index (χ1n) is 7.59. The van der Waals surface area contributed by atoms with Crippen molar-refractivity contribution in [2.75, 3.05) is 18.8 Å². The van der Waals surface area contributed by atoms with Gasteiger partial charge in [0.15, 0.2) is 5.65 Å². The summed E-state index contributed by atoms with van der Waals surface area (Å²) < 4.78 is 2.04. The highest BCUT2D eigenvalue weighted by Crippen LogP contribution is 2.23. The number of nitrogens with zero attached hydrogens (tertiary/aromatic N) is 3. The maximum atomic E-state index is 5.96. The Morgan fingerprint density at radius 1 is 1.35 bits per heavy atom. The van der Waals surface area contributed by atoms with Crippen molar-refractivity contribution >= 4 is 11.3 Å². The fourth-order valence-corrected chi connectivity index (χ4v) is 3.15. The summed E-state index contributed by atoms with van der Waals surface area (Å²) in [5, 5.41) is 0. The number of hydrogen-bond acceptors (Lipinski definition) is 3. The molecular formula is C16H24N4. The quantitative estimate of drug-likeness (QED) is 0.934. The molecule has 2 aromatic rings. The van der Waals surface area contributed by atoms with E-state index in [1.54, 1.807) is 0 Å². The number of nitrogen functional groups attached to an aromatic ring is 1. The van der Waals surface area contributed by atoms with Crippen LogP contribution in [0.25, 0.3) is 5.65 Å². The van der Waals surface area contributed by atoms with E-state index in [0.717, 1.165) is 23.7 Å². The Kier molecular flexibility index (Phi) is 3.66. The first-order chi connectivity index (χ1) is 9.63. The third-order valence-electron chi connectivity index (χ3n) is 4.44. The number of pyridine rings is 1. The second kappa shape index (κ2) is 5.44. The van der Waals surface area contributed by atoms with Crippen molar-refractivity contribution in [2.45, 2.75) is 39.2 Å². The molecule has 1 fully saturated rings. The standard InChI is InChI=1S/C16H24N4/c1-12(2)19-8-5-13(6-9-19)10-14-11-20-7-3-4-15(17)16(20)18-14/h3-4,7,11-13H,5-6,8-10,17H2,1-2H3. The number of imidazole rings is 1. The second-order valence-electron chi connectivity index (χ2n) is 6.20. The van der Waals surface area contributed by atoms with E-state index in [1.165, 1.54) is 31.6 Å². The number of nitrogens with two attached hydrogens (primary N) is 1.